The van der Waals surface area contributed by atoms with Gasteiger partial charge in [-0.15, -0.1) is 0 Å². The third-order valence-electron chi connectivity index (χ3n) is 2.81. The van der Waals surface area contributed by atoms with Crippen molar-refractivity contribution in [3.63, 3.8) is 0 Å². The lowest BCUT2D eigenvalue weighted by atomic mass is 10.1. The number of hydrogen-bond acceptors (Lipinski definition) is 3. The molecule has 0 aliphatic carbocycles. The molecule has 0 amide bonds. The maximum atomic E-state index is 11.8. The third-order valence-corrected chi connectivity index (χ3v) is 3.88. The molecule has 2 aromatic rings. The second-order valence-corrected chi connectivity index (χ2v) is 5.42. The zero-order valence-corrected chi connectivity index (χ0v) is 12.1. The Labute approximate surface area is 117 Å². The Morgan fingerprint density at radius 3 is 2.37 bits per heavy atom. The van der Waals surface area contributed by atoms with E-state index in [1.807, 2.05) is 18.2 Å². The first kappa shape index (κ1) is 13.7. The van der Waals surface area contributed by atoms with E-state index in [-0.39, 0.29) is 5.78 Å². The summed E-state index contributed by atoms with van der Waals surface area (Å²) in [6.45, 7) is 3.62. The van der Waals surface area contributed by atoms with Gasteiger partial charge in [0.15, 0.2) is 5.78 Å². The van der Waals surface area contributed by atoms with Gasteiger partial charge in [0.1, 0.15) is 5.75 Å². The highest BCUT2D eigenvalue weighted by Gasteiger charge is 2.14. The number of hydrogen-bond donors (Lipinski definition) is 0. The van der Waals surface area contributed by atoms with Crippen molar-refractivity contribution in [2.24, 2.45) is 0 Å². The first-order valence-electron chi connectivity index (χ1n) is 6.04. The Bertz CT molecular complexity index is 588. The molecule has 0 radical (unpaired) electrons. The van der Waals surface area contributed by atoms with Crippen LogP contribution in [-0.4, -0.2) is 12.9 Å². The molecule has 2 rings (SSSR count). The predicted molar refractivity (Wildman–Crippen MR) is 78.3 cm³/mol. The third kappa shape index (κ3) is 3.18. The second-order valence-electron chi connectivity index (χ2n) is 4.30. The number of aryl methyl sites for hydroxylation is 1. The van der Waals surface area contributed by atoms with Crippen molar-refractivity contribution in [2.45, 2.75) is 23.6 Å². The Hall–Kier alpha value is -1.74. The minimum atomic E-state index is 0.0204. The number of rotatable bonds is 4. The average Bonchev–Trinajstić information content (AvgIpc) is 2.40. The van der Waals surface area contributed by atoms with Gasteiger partial charge in [0, 0.05) is 9.79 Å². The fourth-order valence-corrected chi connectivity index (χ4v) is 2.87. The van der Waals surface area contributed by atoms with Gasteiger partial charge in [-0.25, -0.2) is 0 Å². The zero-order valence-electron chi connectivity index (χ0n) is 11.3. The molecule has 0 atom stereocenters. The second kappa shape index (κ2) is 5.93. The summed E-state index contributed by atoms with van der Waals surface area (Å²) in [4.78, 5) is 13.8. The van der Waals surface area contributed by atoms with Crippen LogP contribution in [0.5, 0.6) is 5.75 Å². The van der Waals surface area contributed by atoms with Gasteiger partial charge in [-0.2, -0.15) is 0 Å². The molecule has 19 heavy (non-hydrogen) atoms. The largest absolute Gasteiger partial charge is 0.496 e. The predicted octanol–water partition coefficient (Wildman–Crippen LogP) is 4.36. The fourth-order valence-electron chi connectivity index (χ4n) is 1.85. The Morgan fingerprint density at radius 1 is 1.11 bits per heavy atom. The monoisotopic (exact) mass is 272 g/mol. The van der Waals surface area contributed by atoms with Gasteiger partial charge in [-0.05, 0) is 38.1 Å². The number of carbonyl (C=O) groups excluding carboxylic acids is 1. The number of benzene rings is 2. The van der Waals surface area contributed by atoms with Crippen LogP contribution in [0.3, 0.4) is 0 Å². The number of carbonyl (C=O) groups is 1. The molecule has 0 saturated heterocycles. The van der Waals surface area contributed by atoms with Crippen molar-refractivity contribution >= 4 is 17.5 Å². The van der Waals surface area contributed by atoms with Crippen molar-refractivity contribution in [1.29, 1.82) is 0 Å². The van der Waals surface area contributed by atoms with Crippen molar-refractivity contribution in [3.8, 4) is 5.75 Å². The van der Waals surface area contributed by atoms with Crippen molar-refractivity contribution < 1.29 is 9.53 Å². The standard InChI is InChI=1S/C16H16O2S/c1-11-7-9-13(10-8-11)19-15-6-4-5-14(18-3)16(15)12(2)17/h4-10H,1-3H3. The maximum Gasteiger partial charge on any atom is 0.164 e. The van der Waals surface area contributed by atoms with Crippen LogP contribution in [0, 0.1) is 6.92 Å². The summed E-state index contributed by atoms with van der Waals surface area (Å²) in [6, 6.07) is 13.9. The van der Waals surface area contributed by atoms with Crippen molar-refractivity contribution in [1.82, 2.24) is 0 Å². The van der Waals surface area contributed by atoms with Crippen molar-refractivity contribution in [3.05, 3.63) is 53.6 Å². The molecular formula is C16H16O2S. The smallest absolute Gasteiger partial charge is 0.164 e. The van der Waals surface area contributed by atoms with Gasteiger partial charge in [-0.3, -0.25) is 4.79 Å². The molecule has 3 heteroatoms. The van der Waals surface area contributed by atoms with E-state index in [1.54, 1.807) is 25.8 Å². The van der Waals surface area contributed by atoms with E-state index in [4.69, 9.17) is 4.74 Å². The van der Waals surface area contributed by atoms with Gasteiger partial charge < -0.3 is 4.74 Å². The van der Waals surface area contributed by atoms with E-state index < -0.39 is 0 Å². The molecule has 0 aromatic heterocycles. The normalized spacial score (nSPS) is 10.3. The number of methoxy groups -OCH3 is 1. The molecule has 0 aliphatic heterocycles. The quantitative estimate of drug-likeness (QED) is 0.774. The summed E-state index contributed by atoms with van der Waals surface area (Å²) < 4.78 is 5.27. The number of ketones is 1. The van der Waals surface area contributed by atoms with Gasteiger partial charge >= 0.3 is 0 Å². The zero-order chi connectivity index (χ0) is 13.8. The highest BCUT2D eigenvalue weighted by atomic mass is 32.2. The average molecular weight is 272 g/mol. The molecule has 0 aliphatic rings. The molecule has 0 N–H and O–H groups in total. The summed E-state index contributed by atoms with van der Waals surface area (Å²) in [5.41, 5.74) is 1.87. The summed E-state index contributed by atoms with van der Waals surface area (Å²) in [5, 5.41) is 0. The van der Waals surface area contributed by atoms with Crippen LogP contribution in [0.4, 0.5) is 0 Å². The molecule has 0 spiro atoms. The van der Waals surface area contributed by atoms with Crippen LogP contribution in [0.1, 0.15) is 22.8 Å². The minimum Gasteiger partial charge on any atom is -0.496 e. The van der Waals surface area contributed by atoms with Crippen molar-refractivity contribution in [2.75, 3.05) is 7.11 Å². The highest BCUT2D eigenvalue weighted by Crippen LogP contribution is 2.35. The van der Waals surface area contributed by atoms with Gasteiger partial charge in [0.05, 0.1) is 12.7 Å². The van der Waals surface area contributed by atoms with E-state index in [0.717, 1.165) is 9.79 Å². The van der Waals surface area contributed by atoms with Gasteiger partial charge in [-0.1, -0.05) is 35.5 Å². The molecule has 98 valence electrons. The Kier molecular flexibility index (Phi) is 4.27. The van der Waals surface area contributed by atoms with Gasteiger partial charge in [0.25, 0.3) is 0 Å². The molecule has 0 bridgehead atoms. The topological polar surface area (TPSA) is 26.3 Å². The van der Waals surface area contributed by atoms with Crippen LogP contribution >= 0.6 is 11.8 Å². The fraction of sp³-hybridized carbons (Fsp3) is 0.188. The van der Waals surface area contributed by atoms with E-state index in [9.17, 15) is 4.79 Å². The lowest BCUT2D eigenvalue weighted by Crippen LogP contribution is -1.99. The molecule has 2 aromatic carbocycles. The maximum absolute atomic E-state index is 11.8. The van der Waals surface area contributed by atoms with Crippen LogP contribution in [0.2, 0.25) is 0 Å². The Balaban J connectivity index is 2.39. The van der Waals surface area contributed by atoms with Crippen LogP contribution in [0.15, 0.2) is 52.3 Å². The van der Waals surface area contributed by atoms with Crippen LogP contribution < -0.4 is 4.74 Å². The van der Waals surface area contributed by atoms with E-state index in [2.05, 4.69) is 31.2 Å². The molecule has 0 saturated carbocycles. The number of Topliss-reactive ketones (excluding diaryl/α,β-unsaturated/α-hetero) is 1. The van der Waals surface area contributed by atoms with E-state index in [0.29, 0.717) is 11.3 Å². The minimum absolute atomic E-state index is 0.0204. The summed E-state index contributed by atoms with van der Waals surface area (Å²) >= 11 is 1.58. The lowest BCUT2D eigenvalue weighted by Gasteiger charge is -2.11. The highest BCUT2D eigenvalue weighted by molar-refractivity contribution is 7.99. The van der Waals surface area contributed by atoms with Crippen LogP contribution in [-0.2, 0) is 0 Å². The van der Waals surface area contributed by atoms with E-state index in [1.165, 1.54) is 5.56 Å². The van der Waals surface area contributed by atoms with Gasteiger partial charge in [0.2, 0.25) is 0 Å². The summed E-state index contributed by atoms with van der Waals surface area (Å²) in [7, 11) is 1.59. The molecule has 0 fully saturated rings. The SMILES string of the molecule is COc1cccc(Sc2ccc(C)cc2)c1C(C)=O. The first-order valence-corrected chi connectivity index (χ1v) is 6.86. The molecule has 0 unspecified atom stereocenters. The molecular weight excluding hydrogens is 256 g/mol. The Morgan fingerprint density at radius 2 is 1.79 bits per heavy atom. The summed E-state index contributed by atoms with van der Waals surface area (Å²) in [6.07, 6.45) is 0. The number of ether oxygens (including phenoxy) is 1. The first-order chi connectivity index (χ1) is 9.11. The van der Waals surface area contributed by atoms with E-state index >= 15 is 0 Å². The lowest BCUT2D eigenvalue weighted by molar-refractivity contribution is 0.101. The van der Waals surface area contributed by atoms with Crippen LogP contribution in [0.25, 0.3) is 0 Å². The summed E-state index contributed by atoms with van der Waals surface area (Å²) in [5.74, 6) is 0.650. The molecule has 0 heterocycles. The molecule has 2 nitrogen and oxygen atoms in total.